The zero-order valence-electron chi connectivity index (χ0n) is 18.1. The second-order valence-corrected chi connectivity index (χ2v) is 7.43. The summed E-state index contributed by atoms with van der Waals surface area (Å²) in [6.07, 6.45) is -3.79. The highest BCUT2D eigenvalue weighted by atomic mass is 19.3. The third-order valence-corrected chi connectivity index (χ3v) is 5.15. The van der Waals surface area contributed by atoms with Crippen molar-refractivity contribution in [3.8, 4) is 23.0 Å². The van der Waals surface area contributed by atoms with E-state index in [1.54, 1.807) is 25.3 Å². The van der Waals surface area contributed by atoms with Gasteiger partial charge in [0.15, 0.2) is 23.0 Å². The Morgan fingerprint density at radius 1 is 1.18 bits per heavy atom. The smallest absolute Gasteiger partial charge is 0.512 e. The molecule has 0 amide bonds. The van der Waals surface area contributed by atoms with Crippen LogP contribution in [-0.2, 0) is 13.0 Å². The van der Waals surface area contributed by atoms with E-state index in [-0.39, 0.29) is 47.5 Å². The molecule has 10 nitrogen and oxygen atoms in total. The van der Waals surface area contributed by atoms with Gasteiger partial charge in [0.2, 0.25) is 5.95 Å². The lowest BCUT2D eigenvalue weighted by atomic mass is 10.2. The van der Waals surface area contributed by atoms with Crippen molar-refractivity contribution in [3.63, 3.8) is 0 Å². The number of aromatic nitrogens is 4. The number of hydrogen-bond acceptors (Lipinski definition) is 9. The molecular weight excluding hydrogens is 452 g/mol. The summed E-state index contributed by atoms with van der Waals surface area (Å²) in [4.78, 5) is 8.94. The Kier molecular flexibility index (Phi) is 5.00. The number of aliphatic hydroxyl groups excluding tert-OH is 1. The second kappa shape index (κ2) is 7.90. The lowest BCUT2D eigenvalue weighted by Crippen LogP contribution is -2.26. The monoisotopic (exact) mass is 471 g/mol. The van der Waals surface area contributed by atoms with Crippen molar-refractivity contribution in [2.45, 2.75) is 19.3 Å². The van der Waals surface area contributed by atoms with Gasteiger partial charge in [-0.15, -0.1) is 13.9 Å². The van der Waals surface area contributed by atoms with Crippen LogP contribution in [0.5, 0.6) is 23.0 Å². The molecule has 2 N–H and O–H groups in total. The van der Waals surface area contributed by atoms with Crippen LogP contribution in [0, 0.1) is 0 Å². The quantitative estimate of drug-likeness (QED) is 0.388. The topological polar surface area (TPSA) is 112 Å². The van der Waals surface area contributed by atoms with Crippen LogP contribution in [0.1, 0.15) is 11.4 Å². The van der Waals surface area contributed by atoms with Crippen LogP contribution in [0.4, 0.5) is 14.7 Å². The third-order valence-electron chi connectivity index (χ3n) is 5.15. The minimum Gasteiger partial charge on any atom is -0.512 e. The zero-order chi connectivity index (χ0) is 24.0. The zero-order valence-corrected chi connectivity index (χ0v) is 18.1. The molecule has 2 aromatic carbocycles. The van der Waals surface area contributed by atoms with Crippen LogP contribution in [0.25, 0.3) is 16.6 Å². The van der Waals surface area contributed by atoms with Gasteiger partial charge in [-0.1, -0.05) is 6.58 Å². The highest BCUT2D eigenvalue weighted by molar-refractivity contribution is 5.97. The van der Waals surface area contributed by atoms with E-state index >= 15 is 0 Å². The first-order chi connectivity index (χ1) is 16.3. The van der Waals surface area contributed by atoms with Gasteiger partial charge in [-0.05, 0) is 24.3 Å². The number of ether oxygens (including phenoxy) is 4. The van der Waals surface area contributed by atoms with Crippen LogP contribution in [0.2, 0.25) is 0 Å². The van der Waals surface area contributed by atoms with Crippen molar-refractivity contribution in [2.24, 2.45) is 0 Å². The average Bonchev–Trinajstić information content (AvgIpc) is 3.36. The summed E-state index contributed by atoms with van der Waals surface area (Å²) in [5, 5.41) is 17.5. The molecule has 0 spiro atoms. The second-order valence-electron chi connectivity index (χ2n) is 7.43. The SMILES string of the molecule is C=C(O)Cc1nc2c3ccc4c(c3nc(NCc3ccc(OC)cc3OC)n2n1)OC(F)(F)O4. The number of rotatable bonds is 7. The van der Waals surface area contributed by atoms with Crippen molar-refractivity contribution in [2.75, 3.05) is 19.5 Å². The third kappa shape index (κ3) is 3.72. The van der Waals surface area contributed by atoms with Gasteiger partial charge in [0, 0.05) is 23.6 Å². The summed E-state index contributed by atoms with van der Waals surface area (Å²) < 4.78 is 48.9. The van der Waals surface area contributed by atoms with Crippen LogP contribution in [0.15, 0.2) is 42.7 Å². The Bertz CT molecular complexity index is 1440. The number of halogens is 2. The molecule has 5 rings (SSSR count). The Hall–Kier alpha value is -4.35. The number of hydrogen-bond donors (Lipinski definition) is 2. The van der Waals surface area contributed by atoms with Crippen LogP contribution in [0.3, 0.4) is 0 Å². The van der Waals surface area contributed by atoms with E-state index in [1.807, 2.05) is 6.07 Å². The number of benzene rings is 2. The Labute approximate surface area is 191 Å². The van der Waals surface area contributed by atoms with Crippen molar-refractivity contribution in [1.29, 1.82) is 0 Å². The fourth-order valence-corrected chi connectivity index (χ4v) is 3.66. The Balaban J connectivity index is 1.62. The van der Waals surface area contributed by atoms with Crippen molar-refractivity contribution in [1.82, 2.24) is 19.6 Å². The number of nitrogens with one attached hydrogen (secondary N) is 1. The number of aliphatic hydroxyl groups is 1. The molecule has 1 aliphatic heterocycles. The van der Waals surface area contributed by atoms with Crippen molar-refractivity contribution in [3.05, 3.63) is 54.1 Å². The first kappa shape index (κ1) is 21.5. The highest BCUT2D eigenvalue weighted by Crippen LogP contribution is 2.45. The van der Waals surface area contributed by atoms with Gasteiger partial charge in [0.25, 0.3) is 0 Å². The molecule has 0 bridgehead atoms. The van der Waals surface area contributed by atoms with Gasteiger partial charge < -0.3 is 29.4 Å². The lowest BCUT2D eigenvalue weighted by molar-refractivity contribution is -0.286. The number of alkyl halides is 2. The first-order valence-corrected chi connectivity index (χ1v) is 10.1. The van der Waals surface area contributed by atoms with Crippen molar-refractivity contribution < 1.29 is 32.8 Å². The highest BCUT2D eigenvalue weighted by Gasteiger charge is 2.45. The molecule has 176 valence electrons. The molecular formula is C22H19F2N5O5. The van der Waals surface area contributed by atoms with E-state index < -0.39 is 6.29 Å². The van der Waals surface area contributed by atoms with Gasteiger partial charge in [0.1, 0.15) is 17.0 Å². The average molecular weight is 471 g/mol. The maximum absolute atomic E-state index is 13.8. The fourth-order valence-electron chi connectivity index (χ4n) is 3.66. The van der Waals surface area contributed by atoms with Gasteiger partial charge >= 0.3 is 6.29 Å². The molecule has 0 saturated carbocycles. The van der Waals surface area contributed by atoms with E-state index in [9.17, 15) is 13.9 Å². The summed E-state index contributed by atoms with van der Waals surface area (Å²) >= 11 is 0. The molecule has 12 heteroatoms. The summed E-state index contributed by atoms with van der Waals surface area (Å²) in [7, 11) is 3.09. The molecule has 0 radical (unpaired) electrons. The predicted molar refractivity (Wildman–Crippen MR) is 117 cm³/mol. The lowest BCUT2D eigenvalue weighted by Gasteiger charge is -2.13. The minimum absolute atomic E-state index is 0.0114. The largest absolute Gasteiger partial charge is 0.586 e. The number of methoxy groups -OCH3 is 2. The number of fused-ring (bicyclic) bond motifs is 5. The minimum atomic E-state index is -3.80. The normalized spacial score (nSPS) is 13.9. The van der Waals surface area contributed by atoms with E-state index in [2.05, 4.69) is 31.7 Å². The van der Waals surface area contributed by atoms with E-state index in [0.29, 0.717) is 22.5 Å². The molecule has 1 aliphatic rings. The van der Waals surface area contributed by atoms with Gasteiger partial charge in [0.05, 0.1) is 26.4 Å². The van der Waals surface area contributed by atoms with Crippen molar-refractivity contribution >= 4 is 22.5 Å². The molecule has 0 saturated heterocycles. The summed E-state index contributed by atoms with van der Waals surface area (Å²) in [6, 6.07) is 8.24. The van der Waals surface area contributed by atoms with Gasteiger partial charge in [-0.2, -0.15) is 4.52 Å². The summed E-state index contributed by atoms with van der Waals surface area (Å²) in [5.74, 6) is 1.22. The maximum Gasteiger partial charge on any atom is 0.586 e. The predicted octanol–water partition coefficient (Wildman–Crippen LogP) is 3.84. The number of allylic oxidation sites excluding steroid dienone is 1. The molecule has 0 aliphatic carbocycles. The summed E-state index contributed by atoms with van der Waals surface area (Å²) in [6.45, 7) is 3.72. The van der Waals surface area contributed by atoms with E-state index in [1.165, 1.54) is 17.7 Å². The molecule has 34 heavy (non-hydrogen) atoms. The molecule has 0 fully saturated rings. The number of anilines is 1. The van der Waals surface area contributed by atoms with Crippen LogP contribution < -0.4 is 24.3 Å². The molecule has 0 unspecified atom stereocenters. The Morgan fingerprint density at radius 2 is 2.00 bits per heavy atom. The van der Waals surface area contributed by atoms with E-state index in [0.717, 1.165) is 5.56 Å². The molecule has 0 atom stereocenters. The first-order valence-electron chi connectivity index (χ1n) is 10.1. The van der Waals surface area contributed by atoms with Crippen LogP contribution in [-0.4, -0.2) is 45.2 Å². The maximum atomic E-state index is 13.8. The van der Waals surface area contributed by atoms with E-state index in [4.69, 9.17) is 14.2 Å². The van der Waals surface area contributed by atoms with Gasteiger partial charge in [-0.25, -0.2) is 9.97 Å². The Morgan fingerprint density at radius 3 is 2.74 bits per heavy atom. The van der Waals surface area contributed by atoms with Crippen LogP contribution >= 0.6 is 0 Å². The number of nitrogens with zero attached hydrogens (tertiary/aromatic N) is 4. The summed E-state index contributed by atoms with van der Waals surface area (Å²) in [5.41, 5.74) is 1.23. The molecule has 4 aromatic rings. The fraction of sp³-hybridized carbons (Fsp3) is 0.227. The van der Waals surface area contributed by atoms with Gasteiger partial charge in [-0.3, -0.25) is 0 Å². The molecule has 2 aromatic heterocycles. The molecule has 3 heterocycles. The standard InChI is InChI=1S/C22H19F2N5O5/c1-11(30)8-17-26-20-14-6-7-15-19(34-22(23,24)33-15)18(14)27-21(29(20)28-17)25-10-12-4-5-13(31-2)9-16(12)32-3/h4-7,9,30H,1,8,10H2,2-3H3,(H,25,27).